The molecule has 68 heavy (non-hydrogen) atoms. The van der Waals surface area contributed by atoms with Crippen molar-refractivity contribution in [1.29, 1.82) is 0 Å². The summed E-state index contributed by atoms with van der Waals surface area (Å²) in [5.41, 5.74) is 25.4. The van der Waals surface area contributed by atoms with Crippen molar-refractivity contribution >= 4 is 52.3 Å². The number of rotatable bonds is 9. The summed E-state index contributed by atoms with van der Waals surface area (Å²) in [6, 6.07) is 61.7. The molecule has 0 amide bonds. The molecule has 1 heterocycles. The molecule has 8 aromatic rings. The molecule has 2 aliphatic carbocycles. The van der Waals surface area contributed by atoms with E-state index in [1.165, 1.54) is 125 Å². The molecule has 0 bridgehead atoms. The number of halogens is 2. The molecule has 0 radical (unpaired) electrons. The summed E-state index contributed by atoms with van der Waals surface area (Å²) in [5, 5.41) is 2.93. The van der Waals surface area contributed by atoms with E-state index >= 15 is 0 Å². The summed E-state index contributed by atoms with van der Waals surface area (Å²) in [5.74, 6) is 0.379. The second-order valence-electron chi connectivity index (χ2n) is 20.7. The molecule has 11 rings (SSSR count). The van der Waals surface area contributed by atoms with Crippen LogP contribution in [0.5, 0.6) is 0 Å². The summed E-state index contributed by atoms with van der Waals surface area (Å²) in [4.78, 5) is 0. The number of allylic oxidation sites excluding steroid dienone is 2. The third-order valence-electron chi connectivity index (χ3n) is 15.4. The fourth-order valence-corrected chi connectivity index (χ4v) is 41.0. The Bertz CT molecular complexity index is 3190. The minimum absolute atomic E-state index is 0.190. The Morgan fingerprint density at radius 3 is 1.31 bits per heavy atom. The van der Waals surface area contributed by atoms with Crippen LogP contribution in [0, 0.1) is 39.5 Å². The van der Waals surface area contributed by atoms with Crippen molar-refractivity contribution in [3.8, 4) is 55.6 Å². The van der Waals surface area contributed by atoms with Crippen molar-refractivity contribution in [3.63, 3.8) is 0 Å². The zero-order chi connectivity index (χ0) is 47.2. The number of fused-ring (bicyclic) bond motifs is 5. The first-order valence-corrected chi connectivity index (χ1v) is 36.3. The van der Waals surface area contributed by atoms with Gasteiger partial charge in [-0.1, -0.05) is 0 Å². The van der Waals surface area contributed by atoms with E-state index in [9.17, 15) is 17.0 Å². The third kappa shape index (κ3) is 7.23. The van der Waals surface area contributed by atoms with Crippen LogP contribution in [0.1, 0.15) is 79.5 Å². The molecular formula is C64H59Cl2SiZr. The molecule has 1 aliphatic heterocycles. The van der Waals surface area contributed by atoms with Crippen molar-refractivity contribution in [2.45, 2.75) is 62.6 Å². The first-order valence-electron chi connectivity index (χ1n) is 24.5. The predicted octanol–water partition coefficient (Wildman–Crippen LogP) is 15.9. The Labute approximate surface area is 414 Å². The maximum absolute atomic E-state index is 9.62. The van der Waals surface area contributed by atoms with Crippen LogP contribution in [0.25, 0.3) is 67.8 Å². The Morgan fingerprint density at radius 1 is 0.426 bits per heavy atom. The van der Waals surface area contributed by atoms with Crippen LogP contribution in [0.3, 0.4) is 0 Å². The predicted molar refractivity (Wildman–Crippen MR) is 296 cm³/mol. The van der Waals surface area contributed by atoms with E-state index < -0.39 is 25.9 Å². The molecule has 8 aromatic carbocycles. The van der Waals surface area contributed by atoms with E-state index in [1.54, 1.807) is 0 Å². The van der Waals surface area contributed by atoms with Gasteiger partial charge in [0.25, 0.3) is 0 Å². The third-order valence-corrected chi connectivity index (χ3v) is 38.0. The van der Waals surface area contributed by atoms with Crippen molar-refractivity contribution in [2.24, 2.45) is 11.8 Å². The Hall–Kier alpha value is -5.08. The molecular weight excluding hydrogens is 959 g/mol. The van der Waals surface area contributed by atoms with Crippen LogP contribution >= 0.6 is 17.0 Å². The normalized spacial score (nSPS) is 16.9. The van der Waals surface area contributed by atoms with Crippen LogP contribution < -0.4 is 13.6 Å². The van der Waals surface area contributed by atoms with Gasteiger partial charge in [0.15, 0.2) is 0 Å². The molecule has 0 aromatic heterocycles. The monoisotopic (exact) mass is 1020 g/mol. The van der Waals surface area contributed by atoms with E-state index in [0.29, 0.717) is 0 Å². The summed E-state index contributed by atoms with van der Waals surface area (Å²) in [6.45, 7) is 18.4. The van der Waals surface area contributed by atoms with E-state index in [-0.39, 0.29) is 19.1 Å². The van der Waals surface area contributed by atoms with Crippen LogP contribution in [-0.4, -0.2) is 9.52 Å². The standard InChI is InChI=1S/2C26H25.C12H9Si.2ClH.Zr/c2*1-17(2)22-15-21-10-11-24(20-8-6-5-7-9-20)26(25(21)16-22)23-13-18(3)12-19(4)14-23;1-3-7-11-9(5-1)10-6-2-4-8-12(10)13-11;;;/h2*5-17H,1-4H3;1-7H,13H2;2*1H;/q;;;;;+2/p-2. The van der Waals surface area contributed by atoms with Crippen LogP contribution in [0.4, 0.5) is 0 Å². The van der Waals surface area contributed by atoms with Gasteiger partial charge in [0, 0.05) is 0 Å². The molecule has 0 N–H and O–H groups in total. The van der Waals surface area contributed by atoms with Crippen molar-refractivity contribution in [1.82, 2.24) is 0 Å². The fraction of sp³-hybridized carbons (Fsp3) is 0.188. The molecule has 3 aliphatic rings. The summed E-state index contributed by atoms with van der Waals surface area (Å²) < 4.78 is 0.888. The molecule has 2 atom stereocenters. The van der Waals surface area contributed by atoms with Gasteiger partial charge in [0.1, 0.15) is 0 Å². The SMILES string of the molecule is Cc1cc(C)cc(-c2c(-c3ccccc3)ccc3c2C=C(C(C)C)[CH]3[Zr]([Cl])([Cl])([c]2cccc3c2[SiH2]c2ccccc2-3)[CH]2C(C(C)C)=Cc3c2ccc(-c2ccccc2)c3-c2cc(C)cc(C)c2)c1. The zero-order valence-electron chi connectivity index (χ0n) is 40.5. The second-order valence-corrected chi connectivity index (χ2v) is 43.2. The maximum atomic E-state index is 9.62. The average molecular weight is 1020 g/mol. The molecule has 0 fully saturated rings. The second kappa shape index (κ2) is 17.1. The van der Waals surface area contributed by atoms with Gasteiger partial charge in [-0.2, -0.15) is 0 Å². The van der Waals surface area contributed by atoms with E-state index in [0.717, 1.165) is 0 Å². The first-order chi connectivity index (χ1) is 32.7. The molecule has 0 saturated carbocycles. The summed E-state index contributed by atoms with van der Waals surface area (Å²) in [6.07, 6.45) is 5.09. The Kier molecular flexibility index (Phi) is 11.4. The van der Waals surface area contributed by atoms with Gasteiger partial charge in [0.05, 0.1) is 0 Å². The quantitative estimate of drug-likeness (QED) is 0.126. The van der Waals surface area contributed by atoms with Gasteiger partial charge < -0.3 is 0 Å². The van der Waals surface area contributed by atoms with E-state index in [1.807, 2.05) is 0 Å². The molecule has 0 saturated heterocycles. The topological polar surface area (TPSA) is 0 Å². The van der Waals surface area contributed by atoms with Crippen LogP contribution in [-0.2, 0) is 16.4 Å². The van der Waals surface area contributed by atoms with Gasteiger partial charge >= 0.3 is 418 Å². The van der Waals surface area contributed by atoms with E-state index in [2.05, 4.69) is 231 Å². The van der Waals surface area contributed by atoms with Crippen LogP contribution in [0.2, 0.25) is 0 Å². The minimum atomic E-state index is -5.88. The van der Waals surface area contributed by atoms with Crippen molar-refractivity contribution < 1.29 is 16.4 Å². The molecule has 4 heteroatoms. The number of hydrogen-bond acceptors (Lipinski definition) is 0. The van der Waals surface area contributed by atoms with Gasteiger partial charge in [-0.25, -0.2) is 0 Å². The molecule has 0 spiro atoms. The number of aryl methyl sites for hydroxylation is 4. The fourth-order valence-electron chi connectivity index (χ4n) is 12.8. The average Bonchev–Trinajstić information content (AvgIpc) is 4.04. The van der Waals surface area contributed by atoms with Gasteiger partial charge in [-0.15, -0.1) is 0 Å². The van der Waals surface area contributed by atoms with Gasteiger partial charge in [-0.3, -0.25) is 0 Å². The van der Waals surface area contributed by atoms with E-state index in [4.69, 9.17) is 0 Å². The van der Waals surface area contributed by atoms with Crippen LogP contribution in [0.15, 0.2) is 175 Å². The van der Waals surface area contributed by atoms with Gasteiger partial charge in [-0.05, 0) is 0 Å². The zero-order valence-corrected chi connectivity index (χ0v) is 45.9. The Balaban J connectivity index is 1.27. The number of hydrogen-bond donors (Lipinski definition) is 0. The summed E-state index contributed by atoms with van der Waals surface area (Å²) in [7, 11) is 18.3. The molecule has 2 unspecified atom stereocenters. The first kappa shape index (κ1) is 45.4. The van der Waals surface area contributed by atoms with Gasteiger partial charge in [0.2, 0.25) is 0 Å². The van der Waals surface area contributed by atoms with Crippen molar-refractivity contribution in [3.05, 3.63) is 219 Å². The van der Waals surface area contributed by atoms with Crippen molar-refractivity contribution in [2.75, 3.05) is 0 Å². The number of benzene rings is 8. The summed E-state index contributed by atoms with van der Waals surface area (Å²) >= 11 is -5.88. The molecule has 0 nitrogen and oxygen atoms in total. The molecule has 337 valence electrons. The Morgan fingerprint density at radius 2 is 0.853 bits per heavy atom.